The zero-order chi connectivity index (χ0) is 17.9. The summed E-state index contributed by atoms with van der Waals surface area (Å²) in [7, 11) is 1.63. The number of nitrogens with zero attached hydrogens (tertiary/aromatic N) is 6. The van der Waals surface area contributed by atoms with E-state index in [2.05, 4.69) is 24.9 Å². The summed E-state index contributed by atoms with van der Waals surface area (Å²) in [6, 6.07) is 4.13. The molecular formula is C16H13F3N6. The molecule has 6 nitrogen and oxygen atoms in total. The maximum atomic E-state index is 13.2. The maximum Gasteiger partial charge on any atom is 0.433 e. The van der Waals surface area contributed by atoms with E-state index >= 15 is 0 Å². The van der Waals surface area contributed by atoms with Crippen molar-refractivity contribution in [3.05, 3.63) is 60.6 Å². The highest BCUT2D eigenvalue weighted by atomic mass is 19.4. The van der Waals surface area contributed by atoms with Crippen molar-refractivity contribution in [3.63, 3.8) is 0 Å². The topological polar surface area (TPSA) is 67.7 Å². The van der Waals surface area contributed by atoms with E-state index in [1.807, 2.05) is 0 Å². The van der Waals surface area contributed by atoms with E-state index < -0.39 is 11.9 Å². The van der Waals surface area contributed by atoms with Crippen LogP contribution in [-0.2, 0) is 12.7 Å². The van der Waals surface area contributed by atoms with Crippen molar-refractivity contribution in [3.8, 4) is 11.4 Å². The third-order valence-electron chi connectivity index (χ3n) is 3.33. The third kappa shape index (κ3) is 4.06. The van der Waals surface area contributed by atoms with Crippen LogP contribution in [0, 0.1) is 0 Å². The van der Waals surface area contributed by atoms with Crippen LogP contribution in [-0.4, -0.2) is 32.0 Å². The van der Waals surface area contributed by atoms with Crippen LogP contribution in [0.5, 0.6) is 0 Å². The van der Waals surface area contributed by atoms with Crippen molar-refractivity contribution in [1.82, 2.24) is 24.9 Å². The molecule has 0 aliphatic rings. The second-order valence-electron chi connectivity index (χ2n) is 5.23. The summed E-state index contributed by atoms with van der Waals surface area (Å²) in [4.78, 5) is 21.4. The Morgan fingerprint density at radius 3 is 2.48 bits per heavy atom. The van der Waals surface area contributed by atoms with Crippen LogP contribution >= 0.6 is 0 Å². The second kappa shape index (κ2) is 6.80. The van der Waals surface area contributed by atoms with Gasteiger partial charge in [-0.05, 0) is 12.1 Å². The van der Waals surface area contributed by atoms with E-state index in [9.17, 15) is 13.2 Å². The molecule has 0 saturated carbocycles. The summed E-state index contributed by atoms with van der Waals surface area (Å²) in [5.41, 5.74) is 0.00482. The molecule has 9 heteroatoms. The lowest BCUT2D eigenvalue weighted by molar-refractivity contribution is -0.141. The summed E-state index contributed by atoms with van der Waals surface area (Å²) in [5.74, 6) is 0.0933. The molecule has 0 aromatic carbocycles. The largest absolute Gasteiger partial charge is 0.433 e. The first-order valence-electron chi connectivity index (χ1n) is 7.26. The molecule has 3 aromatic rings. The molecule has 0 spiro atoms. The van der Waals surface area contributed by atoms with Gasteiger partial charge in [0.1, 0.15) is 5.82 Å². The molecule has 0 amide bonds. The van der Waals surface area contributed by atoms with Crippen LogP contribution < -0.4 is 4.90 Å². The summed E-state index contributed by atoms with van der Waals surface area (Å²) < 4.78 is 39.6. The van der Waals surface area contributed by atoms with Gasteiger partial charge in [-0.25, -0.2) is 9.97 Å². The molecule has 0 bridgehead atoms. The molecule has 0 atom stereocenters. The highest BCUT2D eigenvalue weighted by molar-refractivity contribution is 5.57. The lowest BCUT2D eigenvalue weighted by atomic mass is 10.2. The van der Waals surface area contributed by atoms with Gasteiger partial charge in [0.2, 0.25) is 0 Å². The third-order valence-corrected chi connectivity index (χ3v) is 3.33. The standard InChI is InChI=1S/C16H13F3N6/c1-25(10-12-9-21-5-6-22-12)14-7-13(16(17,18)19)23-15(24-14)11-3-2-4-20-8-11/h2-9H,10H2,1H3. The fourth-order valence-corrected chi connectivity index (χ4v) is 2.13. The minimum Gasteiger partial charge on any atom is -0.354 e. The minimum atomic E-state index is -4.58. The molecular weight excluding hydrogens is 333 g/mol. The molecule has 0 aliphatic carbocycles. The first kappa shape index (κ1) is 16.7. The van der Waals surface area contributed by atoms with Gasteiger partial charge in [0.05, 0.1) is 18.4 Å². The van der Waals surface area contributed by atoms with Crippen LogP contribution in [0.3, 0.4) is 0 Å². The summed E-state index contributed by atoms with van der Waals surface area (Å²) >= 11 is 0. The summed E-state index contributed by atoms with van der Waals surface area (Å²) in [5, 5.41) is 0. The minimum absolute atomic E-state index is 0.0380. The van der Waals surface area contributed by atoms with Crippen molar-refractivity contribution in [2.45, 2.75) is 12.7 Å². The van der Waals surface area contributed by atoms with Crippen LogP contribution in [0.2, 0.25) is 0 Å². The number of anilines is 1. The van der Waals surface area contributed by atoms with Crippen molar-refractivity contribution in [2.75, 3.05) is 11.9 Å². The maximum absolute atomic E-state index is 13.2. The Bertz CT molecular complexity index is 839. The smallest absolute Gasteiger partial charge is 0.354 e. The van der Waals surface area contributed by atoms with E-state index in [0.29, 0.717) is 11.3 Å². The molecule has 128 valence electrons. The monoisotopic (exact) mass is 346 g/mol. The second-order valence-corrected chi connectivity index (χ2v) is 5.23. The Morgan fingerprint density at radius 1 is 1.04 bits per heavy atom. The van der Waals surface area contributed by atoms with E-state index in [4.69, 9.17) is 0 Å². The van der Waals surface area contributed by atoms with E-state index in [1.165, 1.54) is 24.8 Å². The van der Waals surface area contributed by atoms with Gasteiger partial charge in [-0.2, -0.15) is 13.2 Å². The number of pyridine rings is 1. The van der Waals surface area contributed by atoms with Gasteiger partial charge in [-0.15, -0.1) is 0 Å². The molecule has 3 rings (SSSR count). The van der Waals surface area contributed by atoms with E-state index in [-0.39, 0.29) is 18.2 Å². The molecule has 0 unspecified atom stereocenters. The lowest BCUT2D eigenvalue weighted by Gasteiger charge is -2.19. The first-order valence-corrected chi connectivity index (χ1v) is 7.26. The highest BCUT2D eigenvalue weighted by Gasteiger charge is 2.34. The predicted octanol–water partition coefficient (Wildman–Crippen LogP) is 2.98. The number of hydrogen-bond donors (Lipinski definition) is 0. The summed E-state index contributed by atoms with van der Waals surface area (Å²) in [6.45, 7) is 0.259. The van der Waals surface area contributed by atoms with Crippen molar-refractivity contribution in [2.24, 2.45) is 0 Å². The molecule has 0 N–H and O–H groups in total. The van der Waals surface area contributed by atoms with Crippen molar-refractivity contribution < 1.29 is 13.2 Å². The van der Waals surface area contributed by atoms with Gasteiger partial charge in [0.25, 0.3) is 0 Å². The fraction of sp³-hybridized carbons (Fsp3) is 0.188. The zero-order valence-electron chi connectivity index (χ0n) is 13.1. The van der Waals surface area contributed by atoms with Gasteiger partial charge < -0.3 is 4.90 Å². The Kier molecular flexibility index (Phi) is 4.55. The molecule has 25 heavy (non-hydrogen) atoms. The molecule has 0 fully saturated rings. The molecule has 0 radical (unpaired) electrons. The number of aromatic nitrogens is 5. The van der Waals surface area contributed by atoms with Gasteiger partial charge >= 0.3 is 6.18 Å². The Hall–Kier alpha value is -3.10. The first-order chi connectivity index (χ1) is 11.9. The SMILES string of the molecule is CN(Cc1cnccn1)c1cc(C(F)(F)F)nc(-c2cccnc2)n1. The highest BCUT2D eigenvalue weighted by Crippen LogP contribution is 2.31. The normalized spacial score (nSPS) is 11.4. The fourth-order valence-electron chi connectivity index (χ4n) is 2.13. The van der Waals surface area contributed by atoms with Crippen LogP contribution in [0.4, 0.5) is 19.0 Å². The quantitative estimate of drug-likeness (QED) is 0.723. The Labute approximate surface area is 141 Å². The molecule has 3 heterocycles. The van der Waals surface area contributed by atoms with Crippen LogP contribution in [0.25, 0.3) is 11.4 Å². The number of rotatable bonds is 4. The summed E-state index contributed by atoms with van der Waals surface area (Å²) in [6.07, 6.45) is 2.95. The predicted molar refractivity (Wildman–Crippen MR) is 84.4 cm³/mol. The molecule has 0 saturated heterocycles. The van der Waals surface area contributed by atoms with Gasteiger partial charge in [0.15, 0.2) is 11.5 Å². The average Bonchev–Trinajstić information content (AvgIpc) is 2.62. The van der Waals surface area contributed by atoms with Crippen molar-refractivity contribution in [1.29, 1.82) is 0 Å². The van der Waals surface area contributed by atoms with Gasteiger partial charge in [0, 0.05) is 43.5 Å². The van der Waals surface area contributed by atoms with Crippen LogP contribution in [0.15, 0.2) is 49.2 Å². The Balaban J connectivity index is 2.00. The molecule has 3 aromatic heterocycles. The van der Waals surface area contributed by atoms with Crippen LogP contribution in [0.1, 0.15) is 11.4 Å². The van der Waals surface area contributed by atoms with Gasteiger partial charge in [-0.1, -0.05) is 0 Å². The number of halogens is 3. The van der Waals surface area contributed by atoms with Gasteiger partial charge in [-0.3, -0.25) is 15.0 Å². The lowest BCUT2D eigenvalue weighted by Crippen LogP contribution is -2.21. The average molecular weight is 346 g/mol. The number of alkyl halides is 3. The van der Waals surface area contributed by atoms with E-state index in [0.717, 1.165) is 6.07 Å². The molecule has 0 aliphatic heterocycles. The number of hydrogen-bond acceptors (Lipinski definition) is 6. The van der Waals surface area contributed by atoms with E-state index in [1.54, 1.807) is 30.3 Å². The van der Waals surface area contributed by atoms with Crippen molar-refractivity contribution >= 4 is 5.82 Å². The zero-order valence-corrected chi connectivity index (χ0v) is 13.1. The Morgan fingerprint density at radius 2 is 1.84 bits per heavy atom.